The molecule has 0 fully saturated rings. The van der Waals surface area contributed by atoms with Crippen molar-refractivity contribution >= 4 is 10.9 Å². The maximum Gasteiger partial charge on any atom is 0.192 e. The van der Waals surface area contributed by atoms with Crippen molar-refractivity contribution in [3.8, 4) is 5.75 Å². The van der Waals surface area contributed by atoms with Gasteiger partial charge in [0.15, 0.2) is 5.43 Å². The number of methoxy groups -OCH3 is 1. The molecule has 3 nitrogen and oxygen atoms in total. The van der Waals surface area contributed by atoms with E-state index in [2.05, 4.69) is 4.98 Å². The van der Waals surface area contributed by atoms with E-state index < -0.39 is 0 Å². The average molecular weight is 257 g/mol. The second kappa shape index (κ2) is 4.72. The molecule has 0 saturated heterocycles. The van der Waals surface area contributed by atoms with E-state index in [-0.39, 0.29) is 5.43 Å². The second-order valence-electron chi connectivity index (χ2n) is 5.34. The Hall–Kier alpha value is -1.77. The van der Waals surface area contributed by atoms with Gasteiger partial charge in [0, 0.05) is 16.6 Å². The summed E-state index contributed by atoms with van der Waals surface area (Å²) in [5.41, 5.74) is 4.35. The average Bonchev–Trinajstić information content (AvgIpc) is 2.65. The van der Waals surface area contributed by atoms with Crippen molar-refractivity contribution in [3.05, 3.63) is 39.2 Å². The van der Waals surface area contributed by atoms with Crippen LogP contribution in [0.1, 0.15) is 36.1 Å². The zero-order valence-corrected chi connectivity index (χ0v) is 11.5. The number of hydrogen-bond acceptors (Lipinski definition) is 2. The van der Waals surface area contributed by atoms with Crippen LogP contribution in [0.25, 0.3) is 10.9 Å². The van der Waals surface area contributed by atoms with Crippen molar-refractivity contribution in [2.24, 2.45) is 0 Å². The molecular weight excluding hydrogens is 238 g/mol. The quantitative estimate of drug-likeness (QED) is 0.798. The minimum atomic E-state index is 0.188. The van der Waals surface area contributed by atoms with Crippen LogP contribution in [0.3, 0.4) is 0 Å². The van der Waals surface area contributed by atoms with Crippen molar-refractivity contribution in [2.75, 3.05) is 7.11 Å². The molecule has 0 radical (unpaired) electrons. The smallest absolute Gasteiger partial charge is 0.192 e. The number of nitrogens with one attached hydrogen (secondary N) is 1. The Bertz CT molecular complexity index is 685. The molecule has 2 aromatic rings. The van der Waals surface area contributed by atoms with E-state index in [9.17, 15) is 4.79 Å². The monoisotopic (exact) mass is 257 g/mol. The lowest BCUT2D eigenvalue weighted by molar-refractivity contribution is 0.415. The van der Waals surface area contributed by atoms with Crippen LogP contribution >= 0.6 is 0 Å². The van der Waals surface area contributed by atoms with Gasteiger partial charge >= 0.3 is 0 Å². The number of aromatic amines is 1. The number of pyridine rings is 1. The van der Waals surface area contributed by atoms with Crippen molar-refractivity contribution in [1.82, 2.24) is 4.98 Å². The first-order chi connectivity index (χ1) is 9.20. The molecule has 3 rings (SSSR count). The first-order valence-corrected chi connectivity index (χ1v) is 6.93. The highest BCUT2D eigenvalue weighted by atomic mass is 16.5. The largest absolute Gasteiger partial charge is 0.497 e. The van der Waals surface area contributed by atoms with Gasteiger partial charge < -0.3 is 9.72 Å². The Labute approximate surface area is 112 Å². The molecule has 0 aliphatic heterocycles. The number of aromatic nitrogens is 1. The summed E-state index contributed by atoms with van der Waals surface area (Å²) in [5.74, 6) is 0.754. The first kappa shape index (κ1) is 12.3. The summed E-state index contributed by atoms with van der Waals surface area (Å²) in [6.45, 7) is 2.02. The lowest BCUT2D eigenvalue weighted by atomic mass is 10.0. The minimum absolute atomic E-state index is 0.188. The van der Waals surface area contributed by atoms with Crippen molar-refractivity contribution in [2.45, 2.75) is 39.0 Å². The van der Waals surface area contributed by atoms with E-state index in [0.29, 0.717) is 0 Å². The van der Waals surface area contributed by atoms with Crippen molar-refractivity contribution in [1.29, 1.82) is 0 Å². The molecule has 0 amide bonds. The van der Waals surface area contributed by atoms with E-state index in [0.717, 1.165) is 52.7 Å². The molecule has 1 aliphatic rings. The summed E-state index contributed by atoms with van der Waals surface area (Å²) >= 11 is 0. The van der Waals surface area contributed by atoms with Crippen LogP contribution in [0.15, 0.2) is 16.9 Å². The van der Waals surface area contributed by atoms with Crippen LogP contribution in [0.2, 0.25) is 0 Å². The van der Waals surface area contributed by atoms with E-state index in [1.54, 1.807) is 7.11 Å². The zero-order valence-electron chi connectivity index (χ0n) is 11.5. The third kappa shape index (κ3) is 2.03. The van der Waals surface area contributed by atoms with Crippen LogP contribution < -0.4 is 10.2 Å². The molecule has 19 heavy (non-hydrogen) atoms. The van der Waals surface area contributed by atoms with Crippen LogP contribution in [-0.4, -0.2) is 12.1 Å². The van der Waals surface area contributed by atoms with Gasteiger partial charge in [0.05, 0.1) is 12.6 Å². The molecule has 0 saturated carbocycles. The Morgan fingerprint density at radius 2 is 1.95 bits per heavy atom. The summed E-state index contributed by atoms with van der Waals surface area (Å²) in [7, 11) is 1.64. The van der Waals surface area contributed by atoms with Gasteiger partial charge in [0.1, 0.15) is 5.75 Å². The fourth-order valence-corrected chi connectivity index (χ4v) is 3.00. The molecule has 100 valence electrons. The number of H-pyrrole nitrogens is 1. The fraction of sp³-hybridized carbons (Fsp3) is 0.438. The minimum Gasteiger partial charge on any atom is -0.497 e. The molecule has 0 bridgehead atoms. The highest BCUT2D eigenvalue weighted by Gasteiger charge is 2.16. The van der Waals surface area contributed by atoms with Gasteiger partial charge in [-0.05, 0) is 50.3 Å². The summed E-state index contributed by atoms with van der Waals surface area (Å²) in [4.78, 5) is 16.2. The molecule has 3 heteroatoms. The highest BCUT2D eigenvalue weighted by Crippen LogP contribution is 2.25. The predicted molar refractivity (Wildman–Crippen MR) is 77.1 cm³/mol. The second-order valence-corrected chi connectivity index (χ2v) is 5.34. The topological polar surface area (TPSA) is 42.1 Å². The van der Waals surface area contributed by atoms with Crippen LogP contribution in [-0.2, 0) is 12.8 Å². The van der Waals surface area contributed by atoms with Gasteiger partial charge in [-0.2, -0.15) is 0 Å². The van der Waals surface area contributed by atoms with Gasteiger partial charge in [-0.3, -0.25) is 4.79 Å². The Morgan fingerprint density at radius 3 is 2.74 bits per heavy atom. The van der Waals surface area contributed by atoms with Gasteiger partial charge in [-0.15, -0.1) is 0 Å². The predicted octanol–water partition coefficient (Wildman–Crippen LogP) is 3.11. The molecule has 1 N–H and O–H groups in total. The third-order valence-corrected chi connectivity index (χ3v) is 4.06. The zero-order chi connectivity index (χ0) is 13.4. The van der Waals surface area contributed by atoms with Crippen LogP contribution in [0.4, 0.5) is 0 Å². The van der Waals surface area contributed by atoms with E-state index in [1.807, 2.05) is 19.1 Å². The number of hydrogen-bond donors (Lipinski definition) is 1. The first-order valence-electron chi connectivity index (χ1n) is 6.93. The van der Waals surface area contributed by atoms with Gasteiger partial charge in [0.25, 0.3) is 0 Å². The van der Waals surface area contributed by atoms with Gasteiger partial charge in [-0.25, -0.2) is 0 Å². The lowest BCUT2D eigenvalue weighted by Crippen LogP contribution is -2.14. The van der Waals surface area contributed by atoms with E-state index in [1.165, 1.54) is 12.8 Å². The maximum atomic E-state index is 12.7. The fourth-order valence-electron chi connectivity index (χ4n) is 3.00. The van der Waals surface area contributed by atoms with Gasteiger partial charge in [0.2, 0.25) is 0 Å². The van der Waals surface area contributed by atoms with E-state index in [4.69, 9.17) is 4.74 Å². The standard InChI is InChI=1S/C16H19NO2/c1-10-8-11(19-2)9-13-15(10)17-14-7-5-3-4-6-12(14)16(13)18/h8-9H,3-7H2,1-2H3,(H,17,18). The molecule has 0 spiro atoms. The van der Waals surface area contributed by atoms with Crippen LogP contribution in [0.5, 0.6) is 5.75 Å². The molecule has 1 aromatic heterocycles. The number of rotatable bonds is 1. The molecule has 1 heterocycles. The molecule has 0 atom stereocenters. The van der Waals surface area contributed by atoms with Gasteiger partial charge in [-0.1, -0.05) is 6.42 Å². The normalized spacial score (nSPS) is 15.1. The van der Waals surface area contributed by atoms with E-state index >= 15 is 0 Å². The molecular formula is C16H19NO2. The van der Waals surface area contributed by atoms with Crippen LogP contribution in [0, 0.1) is 6.92 Å². The molecule has 0 unspecified atom stereocenters. The summed E-state index contributed by atoms with van der Waals surface area (Å²) in [6, 6.07) is 3.83. The Kier molecular flexibility index (Phi) is 3.05. The third-order valence-electron chi connectivity index (χ3n) is 4.06. The van der Waals surface area contributed by atoms with Crippen molar-refractivity contribution < 1.29 is 4.74 Å². The summed E-state index contributed by atoms with van der Waals surface area (Å²) < 4.78 is 5.27. The van der Waals surface area contributed by atoms with Crippen molar-refractivity contribution in [3.63, 3.8) is 0 Å². The Balaban J connectivity index is 2.34. The SMILES string of the molecule is COc1cc(C)c2[nH]c3c(c(=O)c2c1)CCCCC3. The molecule has 1 aromatic carbocycles. The summed E-state index contributed by atoms with van der Waals surface area (Å²) in [6.07, 6.45) is 5.39. The number of benzene rings is 1. The number of aryl methyl sites for hydroxylation is 2. The lowest BCUT2D eigenvalue weighted by Gasteiger charge is -2.11. The number of ether oxygens (including phenoxy) is 1. The Morgan fingerprint density at radius 1 is 1.16 bits per heavy atom. The maximum absolute atomic E-state index is 12.7. The number of fused-ring (bicyclic) bond motifs is 2. The highest BCUT2D eigenvalue weighted by molar-refractivity contribution is 5.84. The summed E-state index contributed by atoms with van der Waals surface area (Å²) in [5, 5.41) is 0.762. The molecule has 1 aliphatic carbocycles.